The second kappa shape index (κ2) is 16.4. The van der Waals surface area contributed by atoms with E-state index in [1.165, 1.54) is 46.5 Å². The molecule has 2 nitrogen and oxygen atoms in total. The van der Waals surface area contributed by atoms with Gasteiger partial charge in [0.25, 0.3) is 0 Å². The van der Waals surface area contributed by atoms with E-state index in [1.54, 1.807) is 4.40 Å². The van der Waals surface area contributed by atoms with Gasteiger partial charge in [-0.1, -0.05) is 23.8 Å². The van der Waals surface area contributed by atoms with Gasteiger partial charge in [0, 0.05) is 20.1 Å². The Hall–Kier alpha value is -3.38. The van der Waals surface area contributed by atoms with Crippen LogP contribution in [0.4, 0.5) is 0 Å². The molecule has 0 spiro atoms. The van der Waals surface area contributed by atoms with Gasteiger partial charge in [-0.25, -0.2) is 0 Å². The van der Waals surface area contributed by atoms with E-state index in [-0.39, 0.29) is 20.1 Å². The largest absolute Gasteiger partial charge is 0 e. The van der Waals surface area contributed by atoms with Crippen molar-refractivity contribution in [1.29, 1.82) is 0 Å². The second-order valence-electron chi connectivity index (χ2n) is 16.2. The third-order valence-electron chi connectivity index (χ3n) is 10.0. The summed E-state index contributed by atoms with van der Waals surface area (Å²) in [7, 11) is 0. The van der Waals surface area contributed by atoms with Crippen molar-refractivity contribution in [3.8, 4) is 22.5 Å². The number of hydrogen-bond acceptors (Lipinski definition) is 3. The zero-order valence-electron chi connectivity index (χ0n) is 33.7. The zero-order valence-corrected chi connectivity index (χ0v) is 40.1. The fourth-order valence-corrected chi connectivity index (χ4v) is 15.6. The molecule has 8 rings (SSSR count). The van der Waals surface area contributed by atoms with Gasteiger partial charge in [0.2, 0.25) is 0 Å². The molecule has 1 radical (unpaired) electrons. The van der Waals surface area contributed by atoms with Crippen molar-refractivity contribution in [2.24, 2.45) is 0 Å². The van der Waals surface area contributed by atoms with Crippen molar-refractivity contribution in [2.45, 2.75) is 61.2 Å². The number of rotatable bonds is 6. The molecule has 8 aromatic rings. The monoisotopic (exact) mass is 1030 g/mol. The van der Waals surface area contributed by atoms with E-state index in [1.807, 2.05) is 54.8 Å². The maximum atomic E-state index is 9.40. The number of pyridine rings is 2. The van der Waals surface area contributed by atoms with Crippen LogP contribution >= 0.6 is 11.3 Å². The first-order valence-corrected chi connectivity index (χ1v) is 33.9. The summed E-state index contributed by atoms with van der Waals surface area (Å²) in [5.74, 6) is 13.7. The summed E-state index contributed by atoms with van der Waals surface area (Å²) in [6.07, 6.45) is 3.92. The summed E-state index contributed by atoms with van der Waals surface area (Å²) in [6.45, 7) is 6.29. The van der Waals surface area contributed by atoms with Crippen LogP contribution in [0.2, 0.25) is 34.5 Å². The Labute approximate surface area is 346 Å². The standard InChI is InChI=1S/C33H30GeNS.C15H18GeN.Ir/c1-21-12-13-26-19-23(14-15-25(26)18-21)22(2)24-16-17-35-30(20-24)27-8-6-9-28-32-29(34(3,4)5)10-7-11-31(32)36-33(27)28;1-12-10-15(13-8-6-5-7-9-13)17-11-14(12)16(2,3)4;/h6-7,9-20,22H,1-5H3;5-8,10-11H,1-4H3;/q2*-1;/i22D;;. The van der Waals surface area contributed by atoms with E-state index in [4.69, 9.17) is 4.98 Å². The molecule has 3 aromatic heterocycles. The summed E-state index contributed by atoms with van der Waals surface area (Å²) in [5, 5.41) is 5.09. The Morgan fingerprint density at radius 2 is 1.43 bits per heavy atom. The molecule has 5 aromatic carbocycles. The molecule has 6 heteroatoms. The van der Waals surface area contributed by atoms with Gasteiger partial charge in [-0.2, -0.15) is 0 Å². The summed E-state index contributed by atoms with van der Waals surface area (Å²) in [5.41, 5.74) is 8.53. The van der Waals surface area contributed by atoms with Crippen LogP contribution in [0.3, 0.4) is 0 Å². The number of fused-ring (bicyclic) bond motifs is 4. The third-order valence-corrected chi connectivity index (χ3v) is 20.0. The van der Waals surface area contributed by atoms with E-state index in [2.05, 4.69) is 151 Å². The quantitative estimate of drug-likeness (QED) is 0.123. The van der Waals surface area contributed by atoms with Gasteiger partial charge in [0.1, 0.15) is 0 Å². The summed E-state index contributed by atoms with van der Waals surface area (Å²) < 4.78 is 15.0. The molecule has 0 saturated carbocycles. The molecule has 0 bridgehead atoms. The second-order valence-corrected chi connectivity index (χ2v) is 38.4. The van der Waals surface area contributed by atoms with Crippen LogP contribution in [0.15, 0.2) is 122 Å². The Morgan fingerprint density at radius 1 is 0.685 bits per heavy atom. The molecule has 3 heterocycles. The van der Waals surface area contributed by atoms with E-state index < -0.39 is 32.4 Å². The van der Waals surface area contributed by atoms with Gasteiger partial charge < -0.3 is 0 Å². The molecule has 0 fully saturated rings. The molecular weight excluding hydrogens is 974 g/mol. The Kier molecular flexibility index (Phi) is 11.8. The first-order valence-electron chi connectivity index (χ1n) is 18.9. The Morgan fingerprint density at radius 3 is 2.15 bits per heavy atom. The molecule has 0 aliphatic heterocycles. The summed E-state index contributed by atoms with van der Waals surface area (Å²) in [6, 6.07) is 44.9. The first kappa shape index (κ1) is 38.9. The van der Waals surface area contributed by atoms with Gasteiger partial charge in [0.15, 0.2) is 0 Å². The molecular formula is C48H48Ge2IrN2S-2. The Bertz CT molecular complexity index is 2640. The van der Waals surface area contributed by atoms with E-state index in [9.17, 15) is 1.37 Å². The Balaban J connectivity index is 0.000000241. The van der Waals surface area contributed by atoms with Crippen LogP contribution < -0.4 is 8.79 Å². The molecule has 0 aliphatic carbocycles. The molecule has 275 valence electrons. The minimum atomic E-state index is -2.06. The molecule has 0 amide bonds. The maximum Gasteiger partial charge on any atom is 0 e. The van der Waals surface area contributed by atoms with Crippen LogP contribution in [0, 0.1) is 26.0 Å². The van der Waals surface area contributed by atoms with E-state index >= 15 is 0 Å². The fourth-order valence-electron chi connectivity index (χ4n) is 7.21. The van der Waals surface area contributed by atoms with E-state index in [0.29, 0.717) is 0 Å². The van der Waals surface area contributed by atoms with Crippen molar-refractivity contribution < 1.29 is 21.5 Å². The SMILES string of the molecule is Cc1cc(-c2[c-]cccc2)nc[c]1[Ge]([CH3])([CH3])[CH3].[2H]C(C)(c1ccnc(-c2[c-]ccc3c2sc2ccc[c]([Ge]([CH3])([CH3])[CH3])c23)c1)c1ccc2cc(C)ccc2c1.[Ir]. The number of benzene rings is 5. The molecule has 1 atom stereocenters. The molecule has 54 heavy (non-hydrogen) atoms. The average Bonchev–Trinajstić information content (AvgIpc) is 3.53. The topological polar surface area (TPSA) is 25.8 Å². The summed E-state index contributed by atoms with van der Waals surface area (Å²) in [4.78, 5) is 9.36. The maximum absolute atomic E-state index is 9.40. The number of nitrogens with zero attached hydrogens (tertiary/aromatic N) is 2. The van der Waals surface area contributed by atoms with Crippen LogP contribution in [0.5, 0.6) is 0 Å². The van der Waals surface area contributed by atoms with Gasteiger partial charge >= 0.3 is 293 Å². The van der Waals surface area contributed by atoms with E-state index in [0.717, 1.165) is 33.6 Å². The predicted octanol–water partition coefficient (Wildman–Crippen LogP) is 12.5. The minimum Gasteiger partial charge on any atom is 0 e. The first-order chi connectivity index (χ1) is 25.6. The average molecular weight is 1020 g/mol. The normalized spacial score (nSPS) is 13.2. The van der Waals surface area contributed by atoms with Crippen molar-refractivity contribution in [1.82, 2.24) is 9.97 Å². The smallest absolute Gasteiger partial charge is 0 e. The van der Waals surface area contributed by atoms with Crippen molar-refractivity contribution in [2.75, 3.05) is 0 Å². The number of aromatic nitrogens is 2. The molecule has 1 unspecified atom stereocenters. The van der Waals surface area contributed by atoms with Gasteiger partial charge in [-0.15, -0.1) is 0 Å². The van der Waals surface area contributed by atoms with Crippen LogP contribution in [-0.2, 0) is 20.1 Å². The molecule has 0 aliphatic rings. The van der Waals surface area contributed by atoms with Gasteiger partial charge in [-0.05, 0) is 12.3 Å². The fraction of sp³-hybridized carbons (Fsp3) is 0.208. The van der Waals surface area contributed by atoms with Crippen molar-refractivity contribution >= 4 is 77.6 Å². The number of thiophene rings is 1. The van der Waals surface area contributed by atoms with Gasteiger partial charge in [-0.3, -0.25) is 0 Å². The van der Waals surface area contributed by atoms with Crippen molar-refractivity contribution in [3.63, 3.8) is 0 Å². The van der Waals surface area contributed by atoms with Crippen LogP contribution in [0.1, 0.15) is 36.4 Å². The number of hydrogen-bond donors (Lipinski definition) is 0. The zero-order chi connectivity index (χ0) is 38.4. The third kappa shape index (κ3) is 8.54. The van der Waals surface area contributed by atoms with Gasteiger partial charge in [0.05, 0.1) is 0 Å². The predicted molar refractivity (Wildman–Crippen MR) is 237 cm³/mol. The molecule has 0 saturated heterocycles. The van der Waals surface area contributed by atoms with Crippen LogP contribution in [0.25, 0.3) is 53.5 Å². The number of aryl methyl sites for hydroxylation is 2. The summed E-state index contributed by atoms with van der Waals surface area (Å²) >= 11 is -2.00. The molecule has 0 N–H and O–H groups in total. The van der Waals surface area contributed by atoms with Crippen LogP contribution in [-0.4, -0.2) is 36.5 Å². The minimum absolute atomic E-state index is 0. The van der Waals surface area contributed by atoms with Crippen molar-refractivity contribution in [3.05, 3.63) is 156 Å².